The first-order chi connectivity index (χ1) is 8.61. The number of carboxylic acid groups (broad SMARTS) is 1. The van der Waals surface area contributed by atoms with Gasteiger partial charge in [0.2, 0.25) is 5.91 Å². The van der Waals surface area contributed by atoms with Gasteiger partial charge in [0.15, 0.2) is 0 Å². The largest absolute Gasteiger partial charge is 0.480 e. The second-order valence-corrected chi connectivity index (χ2v) is 4.63. The van der Waals surface area contributed by atoms with Crippen LogP contribution in [0.5, 0.6) is 0 Å². The fourth-order valence-corrected chi connectivity index (χ4v) is 2.39. The van der Waals surface area contributed by atoms with Gasteiger partial charge in [-0.15, -0.1) is 13.2 Å². The molecule has 4 heteroatoms. The van der Waals surface area contributed by atoms with Gasteiger partial charge in [0, 0.05) is 12.5 Å². The standard InChI is InChI=1S/C14H21NO3/c1-3-7-11(8-4-2)13(16)15-10-6-5-9-12(15)14(17)18/h3-4,11-12H,1-2,5-10H2,(H,17,18)/t12-/m0/s1. The van der Waals surface area contributed by atoms with Crippen LogP contribution in [0.1, 0.15) is 32.1 Å². The molecule has 4 nitrogen and oxygen atoms in total. The van der Waals surface area contributed by atoms with Crippen molar-refractivity contribution in [2.45, 2.75) is 38.1 Å². The Bertz CT molecular complexity index is 328. The number of piperidine rings is 1. The SMILES string of the molecule is C=CCC(CC=C)C(=O)N1CCCC[C@H]1C(=O)O. The van der Waals surface area contributed by atoms with Gasteiger partial charge in [-0.3, -0.25) is 4.79 Å². The number of carbonyl (C=O) groups excluding carboxylic acids is 1. The molecule has 1 fully saturated rings. The molecule has 0 spiro atoms. The molecule has 1 N–H and O–H groups in total. The van der Waals surface area contributed by atoms with E-state index in [4.69, 9.17) is 5.11 Å². The van der Waals surface area contributed by atoms with Crippen molar-refractivity contribution in [1.29, 1.82) is 0 Å². The summed E-state index contributed by atoms with van der Waals surface area (Å²) in [7, 11) is 0. The molecule has 0 aromatic heterocycles. The highest BCUT2D eigenvalue weighted by molar-refractivity contribution is 5.85. The van der Waals surface area contributed by atoms with E-state index in [-0.39, 0.29) is 11.8 Å². The third kappa shape index (κ3) is 3.45. The van der Waals surface area contributed by atoms with E-state index in [2.05, 4.69) is 13.2 Å². The van der Waals surface area contributed by atoms with Crippen molar-refractivity contribution in [2.75, 3.05) is 6.54 Å². The summed E-state index contributed by atoms with van der Waals surface area (Å²) in [4.78, 5) is 25.1. The summed E-state index contributed by atoms with van der Waals surface area (Å²) in [6.07, 6.45) is 6.83. The first kappa shape index (κ1) is 14.5. The molecule has 1 atom stereocenters. The number of aliphatic carboxylic acids is 1. The third-order valence-electron chi connectivity index (χ3n) is 3.32. The van der Waals surface area contributed by atoms with E-state index in [9.17, 15) is 9.59 Å². The Morgan fingerprint density at radius 1 is 1.28 bits per heavy atom. The van der Waals surface area contributed by atoms with Crippen LogP contribution in [-0.4, -0.2) is 34.5 Å². The van der Waals surface area contributed by atoms with Gasteiger partial charge in [-0.1, -0.05) is 12.2 Å². The Kier molecular flexibility index (Phi) is 5.62. The maximum absolute atomic E-state index is 12.4. The second-order valence-electron chi connectivity index (χ2n) is 4.63. The Labute approximate surface area is 108 Å². The number of hydrogen-bond donors (Lipinski definition) is 1. The van der Waals surface area contributed by atoms with Crippen LogP contribution >= 0.6 is 0 Å². The van der Waals surface area contributed by atoms with Gasteiger partial charge in [-0.2, -0.15) is 0 Å². The highest BCUT2D eigenvalue weighted by Crippen LogP contribution is 2.22. The van der Waals surface area contributed by atoms with Crippen LogP contribution in [0.15, 0.2) is 25.3 Å². The quantitative estimate of drug-likeness (QED) is 0.736. The Balaban J connectivity index is 2.79. The van der Waals surface area contributed by atoms with Crippen molar-refractivity contribution in [3.8, 4) is 0 Å². The van der Waals surface area contributed by atoms with Crippen molar-refractivity contribution in [3.63, 3.8) is 0 Å². The monoisotopic (exact) mass is 251 g/mol. The Hall–Kier alpha value is -1.58. The fraction of sp³-hybridized carbons (Fsp3) is 0.571. The van der Waals surface area contributed by atoms with Crippen LogP contribution < -0.4 is 0 Å². The summed E-state index contributed by atoms with van der Waals surface area (Å²) in [6.45, 7) is 7.83. The number of likely N-dealkylation sites (tertiary alicyclic amines) is 1. The van der Waals surface area contributed by atoms with E-state index in [0.717, 1.165) is 12.8 Å². The lowest BCUT2D eigenvalue weighted by molar-refractivity contribution is -0.153. The fourth-order valence-electron chi connectivity index (χ4n) is 2.39. The van der Waals surface area contributed by atoms with E-state index in [1.54, 1.807) is 12.2 Å². The second kappa shape index (κ2) is 6.99. The van der Waals surface area contributed by atoms with E-state index >= 15 is 0 Å². The molecule has 1 aliphatic rings. The molecule has 0 bridgehead atoms. The highest BCUT2D eigenvalue weighted by Gasteiger charge is 2.34. The Morgan fingerprint density at radius 3 is 2.39 bits per heavy atom. The minimum Gasteiger partial charge on any atom is -0.480 e. The molecule has 1 rings (SSSR count). The zero-order valence-electron chi connectivity index (χ0n) is 10.7. The number of amides is 1. The minimum atomic E-state index is -0.904. The summed E-state index contributed by atoms with van der Waals surface area (Å²) < 4.78 is 0. The lowest BCUT2D eigenvalue weighted by Crippen LogP contribution is -2.50. The van der Waals surface area contributed by atoms with Gasteiger partial charge in [-0.05, 0) is 32.1 Å². The molecule has 0 aromatic rings. The lowest BCUT2D eigenvalue weighted by Gasteiger charge is -2.35. The maximum Gasteiger partial charge on any atom is 0.326 e. The molecule has 18 heavy (non-hydrogen) atoms. The maximum atomic E-state index is 12.4. The van der Waals surface area contributed by atoms with Crippen molar-refractivity contribution in [1.82, 2.24) is 4.90 Å². The van der Waals surface area contributed by atoms with E-state index in [0.29, 0.717) is 25.8 Å². The van der Waals surface area contributed by atoms with Crippen molar-refractivity contribution in [2.24, 2.45) is 5.92 Å². The summed E-state index contributed by atoms with van der Waals surface area (Å²) in [6, 6.07) is -0.664. The molecule has 1 amide bonds. The average molecular weight is 251 g/mol. The van der Waals surface area contributed by atoms with E-state index in [1.807, 2.05) is 0 Å². The molecule has 0 radical (unpaired) electrons. The van der Waals surface area contributed by atoms with Gasteiger partial charge in [0.05, 0.1) is 0 Å². The molecular formula is C14H21NO3. The molecule has 0 aliphatic carbocycles. The molecule has 1 aliphatic heterocycles. The lowest BCUT2D eigenvalue weighted by atomic mass is 9.95. The van der Waals surface area contributed by atoms with Gasteiger partial charge in [-0.25, -0.2) is 4.79 Å². The molecular weight excluding hydrogens is 230 g/mol. The minimum absolute atomic E-state index is 0.0816. The summed E-state index contributed by atoms with van der Waals surface area (Å²) >= 11 is 0. The molecule has 1 saturated heterocycles. The first-order valence-electron chi connectivity index (χ1n) is 6.36. The zero-order valence-corrected chi connectivity index (χ0v) is 10.7. The number of carbonyl (C=O) groups is 2. The summed E-state index contributed by atoms with van der Waals surface area (Å²) in [5.74, 6) is -1.21. The summed E-state index contributed by atoms with van der Waals surface area (Å²) in [5.41, 5.74) is 0. The van der Waals surface area contributed by atoms with Crippen LogP contribution in [0.25, 0.3) is 0 Å². The summed E-state index contributed by atoms with van der Waals surface area (Å²) in [5, 5.41) is 9.16. The van der Waals surface area contributed by atoms with Crippen molar-refractivity contribution < 1.29 is 14.7 Å². The number of allylic oxidation sites excluding steroid dienone is 2. The van der Waals surface area contributed by atoms with Crippen LogP contribution in [0.3, 0.4) is 0 Å². The van der Waals surface area contributed by atoms with Gasteiger partial charge in [0.1, 0.15) is 6.04 Å². The number of hydrogen-bond acceptors (Lipinski definition) is 2. The molecule has 1 heterocycles. The predicted molar refractivity (Wildman–Crippen MR) is 70.1 cm³/mol. The number of carboxylic acids is 1. The van der Waals surface area contributed by atoms with Crippen molar-refractivity contribution >= 4 is 11.9 Å². The molecule has 0 aromatic carbocycles. The number of nitrogens with zero attached hydrogens (tertiary/aromatic N) is 1. The highest BCUT2D eigenvalue weighted by atomic mass is 16.4. The van der Waals surface area contributed by atoms with Crippen LogP contribution in [0.4, 0.5) is 0 Å². The molecule has 0 saturated carbocycles. The van der Waals surface area contributed by atoms with Gasteiger partial charge in [0.25, 0.3) is 0 Å². The van der Waals surface area contributed by atoms with Gasteiger partial charge >= 0.3 is 5.97 Å². The van der Waals surface area contributed by atoms with E-state index in [1.165, 1.54) is 4.90 Å². The van der Waals surface area contributed by atoms with Crippen LogP contribution in [-0.2, 0) is 9.59 Å². The zero-order chi connectivity index (χ0) is 13.5. The predicted octanol–water partition coefficient (Wildman–Crippen LogP) is 2.22. The first-order valence-corrected chi connectivity index (χ1v) is 6.36. The van der Waals surface area contributed by atoms with Crippen molar-refractivity contribution in [3.05, 3.63) is 25.3 Å². The average Bonchev–Trinajstić information content (AvgIpc) is 2.37. The molecule has 100 valence electrons. The van der Waals surface area contributed by atoms with Crippen LogP contribution in [0.2, 0.25) is 0 Å². The van der Waals surface area contributed by atoms with Gasteiger partial charge < -0.3 is 10.0 Å². The normalized spacial score (nSPS) is 19.6. The smallest absolute Gasteiger partial charge is 0.326 e. The third-order valence-corrected chi connectivity index (χ3v) is 3.32. The Morgan fingerprint density at radius 2 is 1.89 bits per heavy atom. The number of rotatable bonds is 6. The van der Waals surface area contributed by atoms with E-state index < -0.39 is 12.0 Å². The van der Waals surface area contributed by atoms with Crippen LogP contribution in [0, 0.1) is 5.92 Å². The topological polar surface area (TPSA) is 57.6 Å². The molecule has 0 unspecified atom stereocenters.